The fourth-order valence-corrected chi connectivity index (χ4v) is 7.41. The molecular weight excluding hydrogens is 711 g/mol. The van der Waals surface area contributed by atoms with Crippen molar-refractivity contribution in [2.24, 2.45) is 0 Å². The molecule has 0 atom stereocenters. The fourth-order valence-electron chi connectivity index (χ4n) is 7.41. The first-order chi connectivity index (χ1) is 27.0. The van der Waals surface area contributed by atoms with Crippen molar-refractivity contribution in [1.29, 1.82) is 0 Å². The second-order valence-corrected chi connectivity index (χ2v) is 16.7. The van der Waals surface area contributed by atoms with Crippen LogP contribution in [0.2, 0.25) is 11.8 Å². The molecule has 0 aromatic heterocycles. The van der Waals surface area contributed by atoms with Gasteiger partial charge < -0.3 is 5.53 Å². The van der Waals surface area contributed by atoms with Gasteiger partial charge in [-0.1, -0.05) is 193 Å². The van der Waals surface area contributed by atoms with Crippen LogP contribution in [-0.2, 0) is 40.1 Å². The van der Waals surface area contributed by atoms with Crippen LogP contribution in [0.25, 0.3) is 11.1 Å². The van der Waals surface area contributed by atoms with Crippen molar-refractivity contribution >= 4 is 11.4 Å². The molecule has 0 saturated heterocycles. The van der Waals surface area contributed by atoms with Gasteiger partial charge >= 0.3 is 32.1 Å². The Bertz CT molecular complexity index is 1370. The molecule has 0 aliphatic rings. The van der Waals surface area contributed by atoms with Gasteiger partial charge in [-0.2, -0.15) is 0 Å². The van der Waals surface area contributed by atoms with E-state index in [0.29, 0.717) is 0 Å². The van der Waals surface area contributed by atoms with Crippen LogP contribution in [0.1, 0.15) is 216 Å². The monoisotopic (exact) mass is 795 g/mol. The maximum atomic E-state index is 9.91. The molecule has 0 spiro atoms. The predicted molar refractivity (Wildman–Crippen MR) is 242 cm³/mol. The summed E-state index contributed by atoms with van der Waals surface area (Å²) in [5.41, 5.74) is 21.5. The van der Waals surface area contributed by atoms with Gasteiger partial charge in [0.15, 0.2) is 0 Å². The Balaban J connectivity index is 0.00000487. The van der Waals surface area contributed by atoms with E-state index in [0.717, 1.165) is 56.9 Å². The first kappa shape index (κ1) is 50.6. The summed E-state index contributed by atoms with van der Waals surface area (Å²) in [6, 6.07) is 14.6. The summed E-state index contributed by atoms with van der Waals surface area (Å²) in [6.45, 7) is 13.6. The molecule has 2 aromatic rings. The molecule has 0 fully saturated rings. The molecule has 0 aliphatic heterocycles. The molecule has 0 heterocycles. The van der Waals surface area contributed by atoms with Crippen LogP contribution in [0.4, 0.5) is 0 Å². The van der Waals surface area contributed by atoms with Crippen molar-refractivity contribution in [3.63, 3.8) is 0 Å². The van der Waals surface area contributed by atoms with Gasteiger partial charge in [-0.25, -0.2) is 0 Å². The summed E-state index contributed by atoms with van der Waals surface area (Å²) in [5.74, 6) is 7.21. The molecule has 55 heavy (non-hydrogen) atoms. The number of hydrogen-bond donors (Lipinski definition) is 0. The molecule has 0 radical (unpaired) electrons. The summed E-state index contributed by atoms with van der Waals surface area (Å²) >= 11 is 1.62. The van der Waals surface area contributed by atoms with Crippen LogP contribution >= 0.6 is 0 Å². The van der Waals surface area contributed by atoms with Crippen LogP contribution in [-0.4, -0.2) is 10.7 Å². The first-order valence-electron chi connectivity index (χ1n) is 22.8. The van der Waals surface area contributed by atoms with E-state index < -0.39 is 0 Å². The zero-order valence-electron chi connectivity index (χ0n) is 37.2. The van der Waals surface area contributed by atoms with Gasteiger partial charge in [0.05, 0.1) is 5.57 Å². The van der Waals surface area contributed by atoms with Gasteiger partial charge in [0.25, 0.3) is 0 Å². The maximum absolute atomic E-state index is 9.91. The van der Waals surface area contributed by atoms with E-state index >= 15 is 0 Å². The quantitative estimate of drug-likeness (QED) is 0.0189. The number of benzene rings is 2. The Morgan fingerprint density at radius 1 is 0.545 bits per heavy atom. The van der Waals surface area contributed by atoms with E-state index in [4.69, 9.17) is 0 Å². The SMILES string of the molecule is CCCCCCCCCCCCCCCCC=CC(C(=C=[N+]=[N-])CCCC)=C(c1cc(CC)cc(CC)c1)c1cc(CCCC)cc(CCCC)c1.[CH3][Ni][CH3]. The predicted octanol–water partition coefficient (Wildman–Crippen LogP) is 16.9. The third-order valence-electron chi connectivity index (χ3n) is 10.7. The van der Waals surface area contributed by atoms with Crippen LogP contribution in [0.5, 0.6) is 0 Å². The average molecular weight is 796 g/mol. The van der Waals surface area contributed by atoms with E-state index in [1.165, 1.54) is 160 Å². The average Bonchev–Trinajstić information content (AvgIpc) is 3.20. The van der Waals surface area contributed by atoms with E-state index in [-0.39, 0.29) is 0 Å². The molecule has 312 valence electrons. The van der Waals surface area contributed by atoms with Crippen molar-refractivity contribution in [2.75, 3.05) is 0 Å². The fraction of sp³-hybridized carbons (Fsp3) is 0.654. The Hall–Kier alpha value is -2.43. The zero-order chi connectivity index (χ0) is 40.4. The van der Waals surface area contributed by atoms with Crippen LogP contribution in [0, 0.1) is 0 Å². The normalized spacial score (nSPS) is 11.6. The molecule has 2 nitrogen and oxygen atoms in total. The summed E-state index contributed by atoms with van der Waals surface area (Å²) < 4.78 is 0. The van der Waals surface area contributed by atoms with Gasteiger partial charge in [0, 0.05) is 5.57 Å². The third-order valence-corrected chi connectivity index (χ3v) is 10.7. The van der Waals surface area contributed by atoms with Crippen LogP contribution < -0.4 is 0 Å². The molecule has 0 N–H and O–H groups in total. The zero-order valence-corrected chi connectivity index (χ0v) is 38.2. The van der Waals surface area contributed by atoms with Crippen LogP contribution in [0.3, 0.4) is 0 Å². The van der Waals surface area contributed by atoms with Crippen molar-refractivity contribution in [2.45, 2.75) is 220 Å². The Labute approximate surface area is 348 Å². The molecule has 0 saturated carbocycles. The standard InChI is InChI=1S/C50H78N2.2CH3.Ni/c1-7-13-17-18-19-20-21-22-23-24-25-26-27-28-29-30-34-49(46(41-52-51)33-16-10-4)50(47-37-42(11-5)35-43(12-6)38-47)48-39-44(31-14-8-2)36-45(40-48)32-15-9-3;;;/h30,34-40H,7-29,31-33H2,1-6H3;2*1H3;. The summed E-state index contributed by atoms with van der Waals surface area (Å²) in [6.07, 6.45) is 37.1. The van der Waals surface area contributed by atoms with Crippen molar-refractivity contribution in [3.8, 4) is 0 Å². The van der Waals surface area contributed by atoms with Crippen molar-refractivity contribution in [1.82, 2.24) is 0 Å². The van der Waals surface area contributed by atoms with Gasteiger partial charge in [0.2, 0.25) is 0 Å². The number of unbranched alkanes of at least 4 members (excludes halogenated alkanes) is 17. The molecular formula is C52H84N2Ni. The van der Waals surface area contributed by atoms with Gasteiger partial charge in [-0.3, -0.25) is 0 Å². The van der Waals surface area contributed by atoms with E-state index in [9.17, 15) is 5.53 Å². The molecule has 3 heteroatoms. The number of hydrogen-bond acceptors (Lipinski definition) is 0. The Morgan fingerprint density at radius 3 is 1.36 bits per heavy atom. The summed E-state index contributed by atoms with van der Waals surface area (Å²) in [5, 5.41) is 0. The first-order valence-corrected chi connectivity index (χ1v) is 24.8. The van der Waals surface area contributed by atoms with E-state index in [1.54, 1.807) is 14.4 Å². The number of aryl methyl sites for hydroxylation is 4. The molecule has 0 amide bonds. The second kappa shape index (κ2) is 34.8. The van der Waals surface area contributed by atoms with E-state index in [2.05, 4.69) is 113 Å². The molecule has 0 unspecified atom stereocenters. The van der Waals surface area contributed by atoms with Gasteiger partial charge in [0.1, 0.15) is 0 Å². The van der Waals surface area contributed by atoms with E-state index in [1.807, 2.05) is 0 Å². The second-order valence-electron chi connectivity index (χ2n) is 15.7. The third kappa shape index (κ3) is 22.8. The van der Waals surface area contributed by atoms with Gasteiger partial charge in [-0.05, 0) is 103 Å². The minimum atomic E-state index is 0.842. The molecule has 0 aliphatic carbocycles. The summed E-state index contributed by atoms with van der Waals surface area (Å²) in [7, 11) is 0. The number of nitrogens with zero attached hydrogens (tertiary/aromatic N) is 2. The molecule has 2 aromatic carbocycles. The molecule has 0 bridgehead atoms. The van der Waals surface area contributed by atoms with Crippen molar-refractivity contribution in [3.05, 3.63) is 98.6 Å². The summed E-state index contributed by atoms with van der Waals surface area (Å²) in [4.78, 5) is 3.53. The number of rotatable bonds is 30. The number of allylic oxidation sites excluding steroid dienone is 4. The Morgan fingerprint density at radius 2 is 0.945 bits per heavy atom. The Kier molecular flexibility index (Phi) is 32.0. The van der Waals surface area contributed by atoms with Gasteiger partial charge in [-0.15, -0.1) is 4.79 Å². The topological polar surface area (TPSA) is 36.4 Å². The van der Waals surface area contributed by atoms with Crippen molar-refractivity contribution < 1.29 is 19.2 Å². The van der Waals surface area contributed by atoms with Crippen LogP contribution in [0.15, 0.2) is 59.7 Å². The minimum absolute atomic E-state index is 0.842. The molecule has 2 rings (SSSR count).